The van der Waals surface area contributed by atoms with Crippen molar-refractivity contribution >= 4 is 44.9 Å². The van der Waals surface area contributed by atoms with Gasteiger partial charge in [-0.3, -0.25) is 0 Å². The molecule has 126 valence electrons. The first-order chi connectivity index (χ1) is 11.3. The van der Waals surface area contributed by atoms with Crippen LogP contribution < -0.4 is 3.89 Å². The molecule has 0 saturated carbocycles. The number of quaternary nitrogens is 1. The zero-order valence-corrected chi connectivity index (χ0v) is 14.2. The average Bonchev–Trinajstić information content (AvgIpc) is 2.91. The second kappa shape index (κ2) is 5.93. The van der Waals surface area contributed by atoms with E-state index in [0.29, 0.717) is 22.1 Å². The van der Waals surface area contributed by atoms with Gasteiger partial charge in [-0.1, -0.05) is 0 Å². The molecule has 2 aromatic heterocycles. The molecule has 1 atom stereocenters. The Hall–Kier alpha value is -2.36. The largest absolute Gasteiger partial charge is 0.724 e. The maximum Gasteiger partial charge on any atom is 0.376 e. The van der Waals surface area contributed by atoms with E-state index in [1.54, 1.807) is 39.2 Å². The number of carbonyl (C=O) groups is 1. The first-order valence-corrected chi connectivity index (χ1v) is 8.28. The van der Waals surface area contributed by atoms with Crippen LogP contribution >= 0.6 is 0 Å². The Balaban J connectivity index is 2.20. The van der Waals surface area contributed by atoms with Crippen LogP contribution in [0.25, 0.3) is 21.9 Å². The fourth-order valence-corrected chi connectivity index (χ4v) is 2.66. The summed E-state index contributed by atoms with van der Waals surface area (Å²) in [5.74, 6) is -0.626. The Bertz CT molecular complexity index is 967. The Morgan fingerprint density at radius 2 is 2.12 bits per heavy atom. The average molecular weight is 348 g/mol. The summed E-state index contributed by atoms with van der Waals surface area (Å²) in [6, 6.07) is 5.25. The monoisotopic (exact) mass is 348 g/mol. The van der Waals surface area contributed by atoms with Crippen molar-refractivity contribution < 1.29 is 18.3 Å². The number of fused-ring (bicyclic) bond motifs is 3. The van der Waals surface area contributed by atoms with Crippen molar-refractivity contribution in [2.45, 2.75) is 6.92 Å². The summed E-state index contributed by atoms with van der Waals surface area (Å²) in [6.45, 7) is 1.94. The summed E-state index contributed by atoms with van der Waals surface area (Å²) in [4.78, 5) is 23.2. The Labute approximate surface area is 140 Å². The molecule has 0 saturated heterocycles. The summed E-state index contributed by atoms with van der Waals surface area (Å²) in [5.41, 5.74) is 2.55. The van der Waals surface area contributed by atoms with Crippen molar-refractivity contribution in [1.29, 1.82) is 0 Å². The van der Waals surface area contributed by atoms with Gasteiger partial charge in [0, 0.05) is 23.0 Å². The third kappa shape index (κ3) is 2.66. The number of rotatable bonds is 4. The van der Waals surface area contributed by atoms with Crippen LogP contribution in [0.4, 0.5) is 5.69 Å². The molecule has 0 aliphatic heterocycles. The van der Waals surface area contributed by atoms with Crippen LogP contribution in [0.3, 0.4) is 0 Å². The van der Waals surface area contributed by atoms with Crippen LogP contribution in [0.2, 0.25) is 0 Å². The van der Waals surface area contributed by atoms with E-state index in [4.69, 9.17) is 4.74 Å². The van der Waals surface area contributed by atoms with Crippen molar-refractivity contribution in [3.63, 3.8) is 0 Å². The summed E-state index contributed by atoms with van der Waals surface area (Å²) in [7, 11) is 3.14. The lowest BCUT2D eigenvalue weighted by molar-refractivity contribution is 0.0512. The van der Waals surface area contributed by atoms with Gasteiger partial charge in [0.05, 0.1) is 32.4 Å². The minimum Gasteiger partial charge on any atom is -0.724 e. The van der Waals surface area contributed by atoms with E-state index in [1.807, 2.05) is 0 Å². The van der Waals surface area contributed by atoms with Crippen LogP contribution in [-0.4, -0.2) is 50.4 Å². The van der Waals surface area contributed by atoms with E-state index in [1.165, 1.54) is 6.20 Å². The highest BCUT2D eigenvalue weighted by Crippen LogP contribution is 2.30. The lowest BCUT2D eigenvalue weighted by atomic mass is 10.2. The second-order valence-electron chi connectivity index (χ2n) is 5.60. The molecule has 0 radical (unpaired) electrons. The molecule has 1 aromatic carbocycles. The van der Waals surface area contributed by atoms with Gasteiger partial charge < -0.3 is 14.3 Å². The number of aromatic nitrogens is 3. The molecule has 0 aliphatic carbocycles. The van der Waals surface area contributed by atoms with Gasteiger partial charge in [0.2, 0.25) is 5.82 Å². The summed E-state index contributed by atoms with van der Waals surface area (Å²) in [5, 5.41) is 0.715. The standard InChI is InChI=1S/C15H16N4O4S/c1-4-23-15(20)14-16-8-12-13(18-14)10-7-9(5-6-11(10)17-12)19(2,3)24(21)22/h5-8H,4H2,1-3H3,(H-,16,17,18,20,21,22). The van der Waals surface area contributed by atoms with Crippen molar-refractivity contribution in [2.75, 3.05) is 20.7 Å². The highest BCUT2D eigenvalue weighted by atomic mass is 32.2. The molecule has 1 N–H and O–H groups in total. The molecular weight excluding hydrogens is 332 g/mol. The third-order valence-electron chi connectivity index (χ3n) is 3.77. The van der Waals surface area contributed by atoms with E-state index in [9.17, 15) is 13.6 Å². The van der Waals surface area contributed by atoms with Crippen LogP contribution in [0.15, 0.2) is 24.4 Å². The summed E-state index contributed by atoms with van der Waals surface area (Å²) < 4.78 is 27.5. The highest BCUT2D eigenvalue weighted by molar-refractivity contribution is 7.78. The SMILES string of the molecule is CCOC(=O)c1ncc2[nH]c3ccc([N+](C)(C)S(=O)[O-])cc3c2n1. The smallest absolute Gasteiger partial charge is 0.376 e. The molecule has 3 aromatic rings. The molecule has 0 spiro atoms. The number of hydrogen-bond acceptors (Lipinski definition) is 6. The second-order valence-corrected chi connectivity index (χ2v) is 6.95. The van der Waals surface area contributed by atoms with Crippen molar-refractivity contribution in [2.24, 2.45) is 0 Å². The zero-order valence-electron chi connectivity index (χ0n) is 13.4. The number of nitrogens with zero attached hydrogens (tertiary/aromatic N) is 3. The van der Waals surface area contributed by atoms with Crippen molar-refractivity contribution in [1.82, 2.24) is 18.8 Å². The van der Waals surface area contributed by atoms with Gasteiger partial charge >= 0.3 is 5.97 Å². The number of H-pyrrole nitrogens is 1. The summed E-state index contributed by atoms with van der Waals surface area (Å²) in [6.07, 6.45) is 1.51. The number of aromatic amines is 1. The zero-order chi connectivity index (χ0) is 17.5. The Morgan fingerprint density at radius 1 is 1.38 bits per heavy atom. The van der Waals surface area contributed by atoms with Gasteiger partial charge in [-0.2, -0.15) is 0 Å². The number of esters is 1. The predicted octanol–water partition coefficient (Wildman–Crippen LogP) is 1.65. The molecule has 2 heterocycles. The first-order valence-electron chi connectivity index (χ1n) is 7.24. The van der Waals surface area contributed by atoms with Crippen molar-refractivity contribution in [3.8, 4) is 0 Å². The van der Waals surface area contributed by atoms with Gasteiger partial charge in [-0.15, -0.1) is 0 Å². The number of carbonyl (C=O) groups excluding carboxylic acids is 1. The van der Waals surface area contributed by atoms with E-state index < -0.39 is 17.2 Å². The number of nitrogens with one attached hydrogen (secondary N) is 1. The van der Waals surface area contributed by atoms with Gasteiger partial charge in [0.1, 0.15) is 11.2 Å². The molecule has 1 unspecified atom stereocenters. The molecule has 0 aliphatic rings. The van der Waals surface area contributed by atoms with Gasteiger partial charge in [0.25, 0.3) is 0 Å². The molecule has 24 heavy (non-hydrogen) atoms. The Morgan fingerprint density at radius 3 is 2.79 bits per heavy atom. The molecule has 0 bridgehead atoms. The molecule has 3 rings (SSSR count). The predicted molar refractivity (Wildman–Crippen MR) is 89.9 cm³/mol. The van der Waals surface area contributed by atoms with Crippen LogP contribution in [0.5, 0.6) is 0 Å². The molecule has 8 nitrogen and oxygen atoms in total. The molecule has 0 fully saturated rings. The topological polar surface area (TPSA) is 108 Å². The minimum atomic E-state index is -2.34. The van der Waals surface area contributed by atoms with Gasteiger partial charge in [-0.25, -0.2) is 22.9 Å². The van der Waals surface area contributed by atoms with E-state index >= 15 is 0 Å². The van der Waals surface area contributed by atoms with E-state index in [-0.39, 0.29) is 16.3 Å². The maximum absolute atomic E-state index is 11.8. The molecular formula is C15H16N4O4S. The van der Waals surface area contributed by atoms with Crippen LogP contribution in [0, 0.1) is 0 Å². The fraction of sp³-hybridized carbons (Fsp3) is 0.267. The van der Waals surface area contributed by atoms with E-state index in [2.05, 4.69) is 15.0 Å². The number of hydrogen-bond donors (Lipinski definition) is 1. The molecule has 9 heteroatoms. The first kappa shape index (κ1) is 16.5. The van der Waals surface area contributed by atoms with Gasteiger partial charge in [-0.05, 0) is 13.0 Å². The Kier molecular flexibility index (Phi) is 4.08. The lowest BCUT2D eigenvalue weighted by Crippen LogP contribution is -2.41. The number of benzene rings is 1. The van der Waals surface area contributed by atoms with Crippen LogP contribution in [-0.2, 0) is 16.0 Å². The van der Waals surface area contributed by atoms with Crippen molar-refractivity contribution in [3.05, 3.63) is 30.2 Å². The maximum atomic E-state index is 11.8. The fourth-order valence-electron chi connectivity index (χ4n) is 2.38. The third-order valence-corrected chi connectivity index (χ3v) is 4.73. The quantitative estimate of drug-likeness (QED) is 0.436. The highest BCUT2D eigenvalue weighted by Gasteiger charge is 2.22. The lowest BCUT2D eigenvalue weighted by Gasteiger charge is -2.29. The van der Waals surface area contributed by atoms with E-state index in [0.717, 1.165) is 5.52 Å². The normalized spacial score (nSPS) is 13.3. The summed E-state index contributed by atoms with van der Waals surface area (Å²) >= 11 is -2.34. The molecule has 0 amide bonds. The van der Waals surface area contributed by atoms with Gasteiger partial charge in [0.15, 0.2) is 11.3 Å². The number of ether oxygens (including phenoxy) is 1. The van der Waals surface area contributed by atoms with Crippen LogP contribution in [0.1, 0.15) is 17.5 Å². The minimum absolute atomic E-state index is 0.0307.